The molecule has 2 unspecified atom stereocenters. The zero-order valence-corrected chi connectivity index (χ0v) is 14.9. The standard InChI is InChI=1S/C17H22FNO5S/c1-12(24-16(20)10-14-7-9-25(22,23)11-14)17(21)19-8-6-13-2-4-15(18)5-3-13/h2-5,12,14H,6-11H2,1H3,(H,19,21). The van der Waals surface area contributed by atoms with Crippen molar-refractivity contribution in [1.82, 2.24) is 5.32 Å². The highest BCUT2D eigenvalue weighted by atomic mass is 32.2. The molecule has 6 nitrogen and oxygen atoms in total. The number of rotatable bonds is 7. The average Bonchev–Trinajstić information content (AvgIpc) is 2.87. The summed E-state index contributed by atoms with van der Waals surface area (Å²) in [6.45, 7) is 1.81. The summed E-state index contributed by atoms with van der Waals surface area (Å²) < 4.78 is 40.6. The van der Waals surface area contributed by atoms with E-state index in [4.69, 9.17) is 4.74 Å². The molecule has 1 aromatic rings. The van der Waals surface area contributed by atoms with E-state index in [9.17, 15) is 22.4 Å². The summed E-state index contributed by atoms with van der Waals surface area (Å²) in [6.07, 6.45) is 0.0491. The van der Waals surface area contributed by atoms with Crippen LogP contribution in [0.15, 0.2) is 24.3 Å². The lowest BCUT2D eigenvalue weighted by Gasteiger charge is -2.15. The van der Waals surface area contributed by atoms with Gasteiger partial charge in [-0.15, -0.1) is 0 Å². The monoisotopic (exact) mass is 371 g/mol. The van der Waals surface area contributed by atoms with Gasteiger partial charge in [0.05, 0.1) is 11.5 Å². The van der Waals surface area contributed by atoms with Crippen molar-refractivity contribution in [2.45, 2.75) is 32.3 Å². The summed E-state index contributed by atoms with van der Waals surface area (Å²) in [5, 5.41) is 2.65. The summed E-state index contributed by atoms with van der Waals surface area (Å²) in [5.41, 5.74) is 0.883. The molecule has 1 amide bonds. The molecule has 0 bridgehead atoms. The Morgan fingerprint density at radius 3 is 2.60 bits per heavy atom. The van der Waals surface area contributed by atoms with Gasteiger partial charge in [0, 0.05) is 13.0 Å². The van der Waals surface area contributed by atoms with Crippen LogP contribution in [0.2, 0.25) is 0 Å². The minimum absolute atomic E-state index is 0.000345. The van der Waals surface area contributed by atoms with Crippen molar-refractivity contribution in [2.75, 3.05) is 18.1 Å². The van der Waals surface area contributed by atoms with Crippen molar-refractivity contribution in [3.63, 3.8) is 0 Å². The molecule has 1 aliphatic heterocycles. The maximum absolute atomic E-state index is 12.8. The van der Waals surface area contributed by atoms with E-state index in [0.29, 0.717) is 19.4 Å². The van der Waals surface area contributed by atoms with Crippen molar-refractivity contribution < 1.29 is 27.1 Å². The molecule has 1 heterocycles. The SMILES string of the molecule is CC(OC(=O)CC1CCS(=O)(=O)C1)C(=O)NCCc1ccc(F)cc1. The lowest BCUT2D eigenvalue weighted by Crippen LogP contribution is -2.37. The first-order valence-corrected chi connectivity index (χ1v) is 9.99. The number of esters is 1. The van der Waals surface area contributed by atoms with Gasteiger partial charge in [-0.1, -0.05) is 12.1 Å². The fourth-order valence-corrected chi connectivity index (χ4v) is 4.55. The van der Waals surface area contributed by atoms with E-state index < -0.39 is 27.8 Å². The van der Waals surface area contributed by atoms with Crippen molar-refractivity contribution in [2.24, 2.45) is 5.92 Å². The second-order valence-corrected chi connectivity index (χ2v) is 8.50. The molecule has 1 N–H and O–H groups in total. The molecular formula is C17H22FNO5S. The van der Waals surface area contributed by atoms with Gasteiger partial charge >= 0.3 is 5.97 Å². The molecule has 1 aromatic carbocycles. The van der Waals surface area contributed by atoms with Crippen LogP contribution in [0.25, 0.3) is 0 Å². The molecule has 0 spiro atoms. The Bertz CT molecular complexity index is 717. The Hall–Kier alpha value is -1.96. The molecule has 0 saturated carbocycles. The van der Waals surface area contributed by atoms with Crippen LogP contribution in [-0.2, 0) is 30.6 Å². The van der Waals surface area contributed by atoms with Crippen LogP contribution < -0.4 is 5.32 Å². The first-order chi connectivity index (χ1) is 11.7. The van der Waals surface area contributed by atoms with Crippen LogP contribution in [0.4, 0.5) is 4.39 Å². The molecule has 0 radical (unpaired) electrons. The molecule has 0 aromatic heterocycles. The lowest BCUT2D eigenvalue weighted by molar-refractivity contribution is -0.155. The number of hydrogen-bond donors (Lipinski definition) is 1. The van der Waals surface area contributed by atoms with E-state index in [-0.39, 0.29) is 29.7 Å². The Balaban J connectivity index is 1.68. The highest BCUT2D eigenvalue weighted by molar-refractivity contribution is 7.91. The average molecular weight is 371 g/mol. The van der Waals surface area contributed by atoms with E-state index in [2.05, 4.69) is 5.32 Å². The molecule has 1 saturated heterocycles. The van der Waals surface area contributed by atoms with Crippen LogP contribution >= 0.6 is 0 Å². The van der Waals surface area contributed by atoms with Crippen LogP contribution in [0.1, 0.15) is 25.3 Å². The number of halogens is 1. The Morgan fingerprint density at radius 1 is 1.32 bits per heavy atom. The van der Waals surface area contributed by atoms with Gasteiger partial charge in [-0.3, -0.25) is 9.59 Å². The van der Waals surface area contributed by atoms with E-state index in [1.807, 2.05) is 0 Å². The maximum atomic E-state index is 12.8. The number of sulfone groups is 1. The fourth-order valence-electron chi connectivity index (χ4n) is 2.69. The van der Waals surface area contributed by atoms with Crippen molar-refractivity contribution in [1.29, 1.82) is 0 Å². The molecule has 138 valence electrons. The summed E-state index contributed by atoms with van der Waals surface area (Å²) in [5.74, 6) is -1.43. The lowest BCUT2D eigenvalue weighted by atomic mass is 10.1. The van der Waals surface area contributed by atoms with Gasteiger partial charge in [0.2, 0.25) is 0 Å². The van der Waals surface area contributed by atoms with Crippen molar-refractivity contribution >= 4 is 21.7 Å². The summed E-state index contributed by atoms with van der Waals surface area (Å²) >= 11 is 0. The quantitative estimate of drug-likeness (QED) is 0.729. The van der Waals surface area contributed by atoms with Crippen molar-refractivity contribution in [3.8, 4) is 0 Å². The summed E-state index contributed by atoms with van der Waals surface area (Å²) in [6, 6.07) is 5.98. The number of carbonyl (C=O) groups is 2. The Kier molecular flexibility index (Phi) is 6.52. The Morgan fingerprint density at radius 2 is 2.00 bits per heavy atom. The van der Waals surface area contributed by atoms with Gasteiger partial charge in [-0.2, -0.15) is 0 Å². The third-order valence-electron chi connectivity index (χ3n) is 4.09. The molecule has 1 fully saturated rings. The maximum Gasteiger partial charge on any atom is 0.306 e. The van der Waals surface area contributed by atoms with E-state index in [1.54, 1.807) is 12.1 Å². The van der Waals surface area contributed by atoms with E-state index in [1.165, 1.54) is 19.1 Å². The third-order valence-corrected chi connectivity index (χ3v) is 5.92. The second-order valence-electron chi connectivity index (χ2n) is 6.27. The van der Waals surface area contributed by atoms with Gasteiger partial charge in [-0.25, -0.2) is 12.8 Å². The molecular weight excluding hydrogens is 349 g/mol. The Labute approximate surface area is 146 Å². The van der Waals surface area contributed by atoms with Gasteiger partial charge < -0.3 is 10.1 Å². The normalized spacial score (nSPS) is 20.0. The third kappa shape index (κ3) is 6.45. The highest BCUT2D eigenvalue weighted by Crippen LogP contribution is 2.22. The van der Waals surface area contributed by atoms with Gasteiger partial charge in [-0.05, 0) is 43.4 Å². The molecule has 2 atom stereocenters. The molecule has 0 aliphatic carbocycles. The second kappa shape index (κ2) is 8.42. The first-order valence-electron chi connectivity index (χ1n) is 8.17. The van der Waals surface area contributed by atoms with Crippen molar-refractivity contribution in [3.05, 3.63) is 35.6 Å². The number of benzene rings is 1. The molecule has 8 heteroatoms. The highest BCUT2D eigenvalue weighted by Gasteiger charge is 2.30. The van der Waals surface area contributed by atoms with Crippen LogP contribution in [-0.4, -0.2) is 44.4 Å². The number of nitrogens with one attached hydrogen (secondary N) is 1. The van der Waals surface area contributed by atoms with Crippen LogP contribution in [0.3, 0.4) is 0 Å². The predicted octanol–water partition coefficient (Wildman–Crippen LogP) is 1.24. The number of ether oxygens (including phenoxy) is 1. The van der Waals surface area contributed by atoms with Gasteiger partial charge in [0.1, 0.15) is 5.82 Å². The minimum Gasteiger partial charge on any atom is -0.453 e. The van der Waals surface area contributed by atoms with Gasteiger partial charge in [0.15, 0.2) is 15.9 Å². The smallest absolute Gasteiger partial charge is 0.306 e. The number of carbonyl (C=O) groups excluding carboxylic acids is 2. The topological polar surface area (TPSA) is 89.5 Å². The van der Waals surface area contributed by atoms with Crippen LogP contribution in [0, 0.1) is 11.7 Å². The van der Waals surface area contributed by atoms with Crippen LogP contribution in [0.5, 0.6) is 0 Å². The molecule has 1 aliphatic rings. The minimum atomic E-state index is -3.04. The van der Waals surface area contributed by atoms with E-state index >= 15 is 0 Å². The van der Waals surface area contributed by atoms with E-state index in [0.717, 1.165) is 5.56 Å². The zero-order chi connectivity index (χ0) is 18.4. The number of amides is 1. The molecule has 25 heavy (non-hydrogen) atoms. The largest absolute Gasteiger partial charge is 0.453 e. The number of hydrogen-bond acceptors (Lipinski definition) is 5. The zero-order valence-electron chi connectivity index (χ0n) is 14.0. The predicted molar refractivity (Wildman–Crippen MR) is 90.0 cm³/mol. The van der Waals surface area contributed by atoms with Gasteiger partial charge in [0.25, 0.3) is 5.91 Å². The fraction of sp³-hybridized carbons (Fsp3) is 0.529. The molecule has 2 rings (SSSR count). The summed E-state index contributed by atoms with van der Waals surface area (Å²) in [4.78, 5) is 23.7. The summed E-state index contributed by atoms with van der Waals surface area (Å²) in [7, 11) is -3.04. The first kappa shape index (κ1) is 19.4.